The Morgan fingerprint density at radius 2 is 1.80 bits per heavy atom. The van der Waals surface area contributed by atoms with Gasteiger partial charge >= 0.3 is 11.7 Å². The van der Waals surface area contributed by atoms with Crippen molar-refractivity contribution in [1.82, 2.24) is 4.90 Å². The number of fused-ring (bicyclic) bond motifs is 1. The molecule has 30 heavy (non-hydrogen) atoms. The quantitative estimate of drug-likeness (QED) is 0.541. The van der Waals surface area contributed by atoms with Gasteiger partial charge in [-0.3, -0.25) is 9.69 Å². The molecule has 0 aliphatic carbocycles. The van der Waals surface area contributed by atoms with E-state index in [1.165, 1.54) is 19.1 Å². The van der Waals surface area contributed by atoms with Crippen molar-refractivity contribution in [2.24, 2.45) is 5.92 Å². The zero-order valence-electron chi connectivity index (χ0n) is 17.9. The highest BCUT2D eigenvalue weighted by Gasteiger charge is 2.38. The number of hydrogen-bond acceptors (Lipinski definition) is 6. The molecule has 2 aromatic rings. The van der Waals surface area contributed by atoms with E-state index in [9.17, 15) is 29.7 Å². The van der Waals surface area contributed by atoms with Crippen LogP contribution in [0.4, 0.5) is 10.5 Å². The Hall–Kier alpha value is -3.23. The van der Waals surface area contributed by atoms with E-state index in [1.807, 2.05) is 13.8 Å². The number of phenols is 1. The van der Waals surface area contributed by atoms with Crippen LogP contribution in [0.15, 0.2) is 21.3 Å². The van der Waals surface area contributed by atoms with E-state index in [2.05, 4.69) is 5.32 Å². The van der Waals surface area contributed by atoms with Crippen LogP contribution in [0.5, 0.6) is 11.5 Å². The molecule has 1 aromatic heterocycles. The average Bonchev–Trinajstić information content (AvgIpc) is 2.59. The topological polar surface area (TPSA) is 140 Å². The van der Waals surface area contributed by atoms with Crippen molar-refractivity contribution in [3.05, 3.63) is 28.1 Å². The van der Waals surface area contributed by atoms with E-state index in [-0.39, 0.29) is 34.6 Å². The predicted molar refractivity (Wildman–Crippen MR) is 112 cm³/mol. The highest BCUT2D eigenvalue weighted by molar-refractivity contribution is 6.00. The van der Waals surface area contributed by atoms with Gasteiger partial charge in [-0.1, -0.05) is 13.8 Å². The molecule has 2 rings (SSSR count). The van der Waals surface area contributed by atoms with Crippen molar-refractivity contribution >= 4 is 28.7 Å². The van der Waals surface area contributed by atoms with Crippen LogP contribution in [-0.2, 0) is 4.79 Å². The molecule has 0 radical (unpaired) electrons. The molecule has 0 aliphatic rings. The molecule has 1 unspecified atom stereocenters. The van der Waals surface area contributed by atoms with Gasteiger partial charge in [-0.25, -0.2) is 9.59 Å². The lowest BCUT2D eigenvalue weighted by Crippen LogP contribution is -2.56. The zero-order valence-corrected chi connectivity index (χ0v) is 17.9. The molecule has 0 saturated carbocycles. The molecule has 1 heterocycles. The average molecular weight is 420 g/mol. The maximum atomic E-state index is 13.1. The number of anilines is 1. The fourth-order valence-corrected chi connectivity index (χ4v) is 3.36. The maximum absolute atomic E-state index is 13.1. The largest absolute Gasteiger partial charge is 0.508 e. The molecule has 1 aromatic carbocycles. The van der Waals surface area contributed by atoms with Gasteiger partial charge in [0.25, 0.3) is 0 Å². The first-order valence-electron chi connectivity index (χ1n) is 9.57. The van der Waals surface area contributed by atoms with Gasteiger partial charge in [0.1, 0.15) is 17.4 Å². The minimum atomic E-state index is -1.27. The summed E-state index contributed by atoms with van der Waals surface area (Å²) in [7, 11) is 0. The number of carbonyl (C=O) groups excluding carboxylic acids is 1. The van der Waals surface area contributed by atoms with E-state index in [1.54, 1.807) is 20.8 Å². The van der Waals surface area contributed by atoms with E-state index >= 15 is 0 Å². The SMILES string of the molecule is Cc1c(O)ccc2c(O)c(NC(=O)C(CC(C)C)N(C(=O)O)C(C)(C)C)c(=O)oc12. The van der Waals surface area contributed by atoms with Crippen molar-refractivity contribution in [2.45, 2.75) is 59.5 Å². The molecule has 4 N–H and O–H groups in total. The number of carboxylic acid groups (broad SMARTS) is 1. The molecular weight excluding hydrogens is 392 g/mol. The third-order valence-electron chi connectivity index (χ3n) is 4.75. The zero-order chi connectivity index (χ0) is 23.0. The lowest BCUT2D eigenvalue weighted by Gasteiger charge is -2.39. The predicted octanol–water partition coefficient (Wildman–Crippen LogP) is 3.64. The number of amides is 2. The van der Waals surface area contributed by atoms with E-state index in [0.29, 0.717) is 0 Å². The molecular formula is C21H28N2O7. The Kier molecular flexibility index (Phi) is 6.34. The van der Waals surface area contributed by atoms with Crippen LogP contribution in [0.2, 0.25) is 0 Å². The first-order valence-corrected chi connectivity index (χ1v) is 9.57. The van der Waals surface area contributed by atoms with Gasteiger partial charge in [-0.2, -0.15) is 0 Å². The maximum Gasteiger partial charge on any atom is 0.408 e. The lowest BCUT2D eigenvalue weighted by molar-refractivity contribution is -0.123. The summed E-state index contributed by atoms with van der Waals surface area (Å²) in [6.45, 7) is 10.2. The lowest BCUT2D eigenvalue weighted by atomic mass is 9.96. The second-order valence-corrected chi connectivity index (χ2v) is 8.66. The van der Waals surface area contributed by atoms with Crippen LogP contribution in [-0.4, -0.2) is 43.8 Å². The van der Waals surface area contributed by atoms with Crippen LogP contribution in [0, 0.1) is 12.8 Å². The Bertz CT molecular complexity index is 1030. The molecule has 0 spiro atoms. The van der Waals surface area contributed by atoms with Gasteiger partial charge in [-0.15, -0.1) is 0 Å². The van der Waals surface area contributed by atoms with Gasteiger partial charge in [0.2, 0.25) is 5.91 Å². The van der Waals surface area contributed by atoms with E-state index in [4.69, 9.17) is 4.42 Å². The molecule has 9 heteroatoms. The minimum Gasteiger partial charge on any atom is -0.508 e. The Balaban J connectivity index is 2.54. The molecule has 1 atom stereocenters. The Morgan fingerprint density at radius 1 is 1.20 bits per heavy atom. The molecule has 9 nitrogen and oxygen atoms in total. The molecule has 0 fully saturated rings. The van der Waals surface area contributed by atoms with E-state index < -0.39 is 40.6 Å². The number of nitrogens with one attached hydrogen (secondary N) is 1. The number of phenolic OH excluding ortho intramolecular Hbond substituents is 1. The first-order chi connectivity index (χ1) is 13.8. The van der Waals surface area contributed by atoms with Gasteiger partial charge in [0.05, 0.1) is 5.39 Å². The second kappa shape index (κ2) is 8.25. The van der Waals surface area contributed by atoms with Gasteiger partial charge in [-0.05, 0) is 52.2 Å². The van der Waals surface area contributed by atoms with Crippen LogP contribution < -0.4 is 10.9 Å². The minimum absolute atomic E-state index is 0.00363. The highest BCUT2D eigenvalue weighted by Crippen LogP contribution is 2.35. The summed E-state index contributed by atoms with van der Waals surface area (Å²) in [5, 5.41) is 32.6. The Labute approximate surface area is 173 Å². The summed E-state index contributed by atoms with van der Waals surface area (Å²) in [5.74, 6) is -1.39. The monoisotopic (exact) mass is 420 g/mol. The summed E-state index contributed by atoms with van der Waals surface area (Å²) < 4.78 is 5.20. The Morgan fingerprint density at radius 3 is 2.30 bits per heavy atom. The normalized spacial score (nSPS) is 12.8. The number of benzene rings is 1. The van der Waals surface area contributed by atoms with Gasteiger partial charge < -0.3 is 25.1 Å². The fourth-order valence-electron chi connectivity index (χ4n) is 3.36. The molecule has 2 amide bonds. The number of hydrogen-bond donors (Lipinski definition) is 4. The smallest absolute Gasteiger partial charge is 0.408 e. The van der Waals surface area contributed by atoms with Crippen LogP contribution in [0.1, 0.15) is 46.6 Å². The number of aromatic hydroxyl groups is 2. The van der Waals surface area contributed by atoms with Gasteiger partial charge in [0, 0.05) is 11.1 Å². The molecule has 0 bridgehead atoms. The van der Waals surface area contributed by atoms with Crippen molar-refractivity contribution in [1.29, 1.82) is 0 Å². The second-order valence-electron chi connectivity index (χ2n) is 8.66. The van der Waals surface area contributed by atoms with Crippen LogP contribution in [0.25, 0.3) is 11.0 Å². The summed E-state index contributed by atoms with van der Waals surface area (Å²) in [4.78, 5) is 38.4. The molecule has 0 aliphatic heterocycles. The van der Waals surface area contributed by atoms with Gasteiger partial charge in [0.15, 0.2) is 11.4 Å². The summed E-state index contributed by atoms with van der Waals surface area (Å²) in [6.07, 6.45) is -1.06. The highest BCUT2D eigenvalue weighted by atomic mass is 16.4. The standard InChI is InChI=1S/C21H28N2O7/c1-10(2)9-13(23(20(28)29)21(4,5)6)18(26)22-15-16(25)12-7-8-14(24)11(3)17(12)30-19(15)27/h7-8,10,13,24-25H,9H2,1-6H3,(H,22,26)(H,28,29). The number of carbonyl (C=O) groups is 2. The number of rotatable bonds is 5. The number of nitrogens with zero attached hydrogens (tertiary/aromatic N) is 1. The first kappa shape index (κ1) is 23.1. The van der Waals surface area contributed by atoms with E-state index in [0.717, 1.165) is 4.90 Å². The van der Waals surface area contributed by atoms with Crippen molar-refractivity contribution in [3.8, 4) is 11.5 Å². The third kappa shape index (κ3) is 4.50. The summed E-state index contributed by atoms with van der Waals surface area (Å²) in [5.41, 5.74) is -2.11. The van der Waals surface area contributed by atoms with Crippen molar-refractivity contribution < 1.29 is 29.3 Å². The van der Waals surface area contributed by atoms with Crippen LogP contribution in [0.3, 0.4) is 0 Å². The third-order valence-corrected chi connectivity index (χ3v) is 4.75. The molecule has 0 saturated heterocycles. The number of aryl methyl sites for hydroxylation is 1. The fraction of sp³-hybridized carbons (Fsp3) is 0.476. The summed E-state index contributed by atoms with van der Waals surface area (Å²) in [6, 6.07) is 1.59. The van der Waals surface area contributed by atoms with Crippen molar-refractivity contribution in [2.75, 3.05) is 5.32 Å². The summed E-state index contributed by atoms with van der Waals surface area (Å²) >= 11 is 0. The van der Waals surface area contributed by atoms with Crippen LogP contribution >= 0.6 is 0 Å². The van der Waals surface area contributed by atoms with Crippen molar-refractivity contribution in [3.63, 3.8) is 0 Å². The molecule has 164 valence electrons.